The van der Waals surface area contributed by atoms with E-state index in [1.54, 1.807) is 6.07 Å². The van der Waals surface area contributed by atoms with Gasteiger partial charge in [0.1, 0.15) is 6.04 Å². The molecule has 3 rings (SSSR count). The fourth-order valence-electron chi connectivity index (χ4n) is 4.24. The Morgan fingerprint density at radius 2 is 1.55 bits per heavy atom. The van der Waals surface area contributed by atoms with Gasteiger partial charge in [-0.25, -0.2) is 0 Å². The Bertz CT molecular complexity index is 892. The Kier molecular flexibility index (Phi) is 9.46. The normalized spacial score (nSPS) is 15.9. The molecule has 0 bridgehead atoms. The van der Waals surface area contributed by atoms with Gasteiger partial charge in [-0.3, -0.25) is 19.4 Å². The molecular weight excluding hydrogens is 412 g/mol. The quantitative estimate of drug-likeness (QED) is 0.584. The summed E-state index contributed by atoms with van der Waals surface area (Å²) in [5, 5.41) is 6.00. The maximum absolute atomic E-state index is 12.9. The van der Waals surface area contributed by atoms with Gasteiger partial charge in [-0.2, -0.15) is 0 Å². The van der Waals surface area contributed by atoms with Crippen molar-refractivity contribution in [3.8, 4) is 0 Å². The molecule has 1 heterocycles. The lowest BCUT2D eigenvalue weighted by Gasteiger charge is -2.34. The zero-order valence-corrected chi connectivity index (χ0v) is 20.2. The predicted molar refractivity (Wildman–Crippen MR) is 133 cm³/mol. The van der Waals surface area contributed by atoms with Crippen LogP contribution in [0.1, 0.15) is 41.8 Å². The lowest BCUT2D eigenvalue weighted by molar-refractivity contribution is -0.123. The maximum Gasteiger partial charge on any atom is 0.252 e. The molecule has 0 spiro atoms. The molecule has 6 heteroatoms. The van der Waals surface area contributed by atoms with E-state index in [-0.39, 0.29) is 11.8 Å². The Morgan fingerprint density at radius 3 is 2.21 bits per heavy atom. The molecular formula is C27H38N4O2. The SMILES string of the molecule is Cc1ccccc1C(=O)NC(CC(C)C)C(=O)NCCN1CCN(Cc2ccccc2)CC1. The van der Waals surface area contributed by atoms with Crippen LogP contribution in [0.4, 0.5) is 0 Å². The number of rotatable bonds is 10. The van der Waals surface area contributed by atoms with Crippen LogP contribution in [-0.4, -0.2) is 66.9 Å². The Morgan fingerprint density at radius 1 is 0.909 bits per heavy atom. The van der Waals surface area contributed by atoms with Gasteiger partial charge in [-0.1, -0.05) is 62.4 Å². The fraction of sp³-hybridized carbons (Fsp3) is 0.481. The molecule has 1 unspecified atom stereocenters. The fourth-order valence-corrected chi connectivity index (χ4v) is 4.24. The van der Waals surface area contributed by atoms with Crippen LogP contribution in [0.15, 0.2) is 54.6 Å². The van der Waals surface area contributed by atoms with Crippen molar-refractivity contribution < 1.29 is 9.59 Å². The zero-order valence-electron chi connectivity index (χ0n) is 20.2. The molecule has 6 nitrogen and oxygen atoms in total. The molecule has 1 aliphatic heterocycles. The molecule has 0 aromatic heterocycles. The molecule has 2 aromatic rings. The highest BCUT2D eigenvalue weighted by Gasteiger charge is 2.23. The van der Waals surface area contributed by atoms with E-state index in [1.165, 1.54) is 5.56 Å². The highest BCUT2D eigenvalue weighted by atomic mass is 16.2. The minimum atomic E-state index is -0.528. The Balaban J connectivity index is 1.43. The third-order valence-electron chi connectivity index (χ3n) is 6.16. The standard InChI is InChI=1S/C27H38N4O2/c1-21(2)19-25(29-26(32)24-12-8-7-9-22(24)3)27(33)28-13-14-30-15-17-31(18-16-30)20-23-10-5-4-6-11-23/h4-12,21,25H,13-20H2,1-3H3,(H,28,33)(H,29,32). The zero-order chi connectivity index (χ0) is 23.6. The topological polar surface area (TPSA) is 64.7 Å². The average Bonchev–Trinajstić information content (AvgIpc) is 2.80. The molecule has 0 saturated carbocycles. The molecule has 0 aliphatic carbocycles. The van der Waals surface area contributed by atoms with Crippen LogP contribution in [0.25, 0.3) is 0 Å². The van der Waals surface area contributed by atoms with Crippen LogP contribution < -0.4 is 10.6 Å². The third kappa shape index (κ3) is 7.98. The molecule has 1 saturated heterocycles. The minimum absolute atomic E-state index is 0.103. The number of carbonyl (C=O) groups excluding carboxylic acids is 2. The number of carbonyl (C=O) groups is 2. The van der Waals surface area contributed by atoms with Crippen LogP contribution >= 0.6 is 0 Å². The Hall–Kier alpha value is -2.70. The second-order valence-corrected chi connectivity index (χ2v) is 9.36. The van der Waals surface area contributed by atoms with Gasteiger partial charge >= 0.3 is 0 Å². The Labute approximate surface area is 198 Å². The summed E-state index contributed by atoms with van der Waals surface area (Å²) in [4.78, 5) is 30.5. The summed E-state index contributed by atoms with van der Waals surface area (Å²) in [7, 11) is 0. The second kappa shape index (κ2) is 12.5. The van der Waals surface area contributed by atoms with E-state index in [0.29, 0.717) is 24.4 Å². The summed E-state index contributed by atoms with van der Waals surface area (Å²) in [6, 6.07) is 17.5. The molecule has 1 fully saturated rings. The molecule has 1 atom stereocenters. The number of piperazine rings is 1. The van der Waals surface area contributed by atoms with Crippen molar-refractivity contribution in [3.63, 3.8) is 0 Å². The molecule has 0 radical (unpaired) electrons. The van der Waals surface area contributed by atoms with E-state index in [0.717, 1.165) is 44.8 Å². The van der Waals surface area contributed by atoms with Crippen molar-refractivity contribution in [3.05, 3.63) is 71.3 Å². The van der Waals surface area contributed by atoms with Crippen LogP contribution in [0, 0.1) is 12.8 Å². The van der Waals surface area contributed by atoms with Gasteiger partial charge in [-0.15, -0.1) is 0 Å². The van der Waals surface area contributed by atoms with Gasteiger partial charge in [0.2, 0.25) is 5.91 Å². The minimum Gasteiger partial charge on any atom is -0.353 e. The van der Waals surface area contributed by atoms with E-state index >= 15 is 0 Å². The van der Waals surface area contributed by atoms with Crippen molar-refractivity contribution in [1.29, 1.82) is 0 Å². The predicted octanol–water partition coefficient (Wildman–Crippen LogP) is 3.07. The monoisotopic (exact) mass is 450 g/mol. The van der Waals surface area contributed by atoms with E-state index in [4.69, 9.17) is 0 Å². The van der Waals surface area contributed by atoms with Gasteiger partial charge in [0.15, 0.2) is 0 Å². The summed E-state index contributed by atoms with van der Waals surface area (Å²) in [5.41, 5.74) is 2.87. The number of hydrogen-bond acceptors (Lipinski definition) is 4. The number of hydrogen-bond donors (Lipinski definition) is 2. The van der Waals surface area contributed by atoms with Crippen LogP contribution in [0.5, 0.6) is 0 Å². The largest absolute Gasteiger partial charge is 0.353 e. The van der Waals surface area contributed by atoms with Gasteiger partial charge in [0.05, 0.1) is 0 Å². The van der Waals surface area contributed by atoms with Gasteiger partial charge in [0.25, 0.3) is 5.91 Å². The number of aryl methyl sites for hydroxylation is 1. The van der Waals surface area contributed by atoms with E-state index in [1.807, 2.05) is 25.1 Å². The second-order valence-electron chi connectivity index (χ2n) is 9.36. The lowest BCUT2D eigenvalue weighted by Crippen LogP contribution is -2.51. The van der Waals surface area contributed by atoms with Gasteiger partial charge < -0.3 is 10.6 Å². The summed E-state index contributed by atoms with van der Waals surface area (Å²) >= 11 is 0. The summed E-state index contributed by atoms with van der Waals surface area (Å²) in [6.07, 6.45) is 0.613. The molecule has 33 heavy (non-hydrogen) atoms. The molecule has 178 valence electrons. The van der Waals surface area contributed by atoms with Crippen LogP contribution in [0.3, 0.4) is 0 Å². The van der Waals surface area contributed by atoms with Crippen molar-refractivity contribution in [2.75, 3.05) is 39.3 Å². The smallest absolute Gasteiger partial charge is 0.252 e. The first-order valence-electron chi connectivity index (χ1n) is 12.0. The van der Waals surface area contributed by atoms with Crippen molar-refractivity contribution in [1.82, 2.24) is 20.4 Å². The highest BCUT2D eigenvalue weighted by Crippen LogP contribution is 2.11. The van der Waals surface area contributed by atoms with E-state index in [2.05, 4.69) is 64.6 Å². The lowest BCUT2D eigenvalue weighted by atomic mass is 10.0. The molecule has 1 aliphatic rings. The maximum atomic E-state index is 12.9. The first-order valence-corrected chi connectivity index (χ1v) is 12.0. The third-order valence-corrected chi connectivity index (χ3v) is 6.16. The van der Waals surface area contributed by atoms with E-state index in [9.17, 15) is 9.59 Å². The first kappa shape index (κ1) is 24.9. The number of nitrogens with one attached hydrogen (secondary N) is 2. The summed E-state index contributed by atoms with van der Waals surface area (Å²) in [5.74, 6) is 0.00685. The van der Waals surface area contributed by atoms with Crippen molar-refractivity contribution in [2.45, 2.75) is 39.8 Å². The summed E-state index contributed by atoms with van der Waals surface area (Å²) in [6.45, 7) is 12.5. The van der Waals surface area contributed by atoms with Crippen LogP contribution in [0.2, 0.25) is 0 Å². The highest BCUT2D eigenvalue weighted by molar-refractivity contribution is 5.98. The molecule has 2 amide bonds. The first-order chi connectivity index (χ1) is 15.9. The summed E-state index contributed by atoms with van der Waals surface area (Å²) < 4.78 is 0. The number of amides is 2. The van der Waals surface area contributed by atoms with Crippen LogP contribution in [-0.2, 0) is 11.3 Å². The van der Waals surface area contributed by atoms with Gasteiger partial charge in [-0.05, 0) is 36.5 Å². The number of nitrogens with zero attached hydrogens (tertiary/aromatic N) is 2. The molecule has 2 aromatic carbocycles. The van der Waals surface area contributed by atoms with E-state index < -0.39 is 6.04 Å². The van der Waals surface area contributed by atoms with Crippen molar-refractivity contribution >= 4 is 11.8 Å². The van der Waals surface area contributed by atoms with Gasteiger partial charge in [0, 0.05) is 51.4 Å². The average molecular weight is 451 g/mol. The van der Waals surface area contributed by atoms with Crippen molar-refractivity contribution in [2.24, 2.45) is 5.92 Å². The molecule has 2 N–H and O–H groups in total. The number of benzene rings is 2.